The average molecular weight is 694 g/mol. The van der Waals surface area contributed by atoms with Gasteiger partial charge in [0, 0.05) is 22.1 Å². The van der Waals surface area contributed by atoms with Crippen molar-refractivity contribution in [3.05, 3.63) is 187 Å². The summed E-state index contributed by atoms with van der Waals surface area (Å²) in [7, 11) is 0. The van der Waals surface area contributed by atoms with Crippen LogP contribution in [0.25, 0.3) is 78.7 Å². The van der Waals surface area contributed by atoms with E-state index in [-0.39, 0.29) is 5.41 Å². The van der Waals surface area contributed by atoms with Crippen molar-refractivity contribution in [1.29, 1.82) is 0 Å². The largest absolute Gasteiger partial charge is 0.208 e. The zero-order valence-corrected chi connectivity index (χ0v) is 30.1. The number of aromatic nitrogens is 3. The molecule has 0 atom stereocenters. The third kappa shape index (κ3) is 5.64. The maximum absolute atomic E-state index is 4.90. The Kier molecular flexibility index (Phi) is 8.06. The number of rotatable bonds is 6. The van der Waals surface area contributed by atoms with Crippen molar-refractivity contribution in [2.24, 2.45) is 0 Å². The van der Waals surface area contributed by atoms with Crippen LogP contribution < -0.4 is 0 Å². The highest BCUT2D eigenvalue weighted by molar-refractivity contribution is 5.93. The highest BCUT2D eigenvalue weighted by atomic mass is 15.0. The van der Waals surface area contributed by atoms with Gasteiger partial charge in [0.25, 0.3) is 0 Å². The van der Waals surface area contributed by atoms with Crippen LogP contribution in [0.2, 0.25) is 0 Å². The van der Waals surface area contributed by atoms with Gasteiger partial charge in [-0.05, 0) is 68.5 Å². The molecule has 3 nitrogen and oxygen atoms in total. The Labute approximate surface area is 317 Å². The molecule has 10 rings (SSSR count). The van der Waals surface area contributed by atoms with Gasteiger partial charge in [0.1, 0.15) is 0 Å². The number of nitrogens with zero attached hydrogens (tertiary/aromatic N) is 3. The zero-order chi connectivity index (χ0) is 35.9. The summed E-state index contributed by atoms with van der Waals surface area (Å²) in [6.07, 6.45) is 6.47. The number of benzene rings is 7. The Morgan fingerprint density at radius 2 is 0.685 bits per heavy atom. The fourth-order valence-electron chi connectivity index (χ4n) is 8.89. The summed E-state index contributed by atoms with van der Waals surface area (Å²) in [5.74, 6) is 1.99. The molecule has 1 aromatic heterocycles. The van der Waals surface area contributed by atoms with Crippen molar-refractivity contribution in [3.63, 3.8) is 0 Å². The maximum atomic E-state index is 4.90. The first-order chi connectivity index (χ1) is 26.7. The van der Waals surface area contributed by atoms with E-state index in [1.165, 1.54) is 76.6 Å². The van der Waals surface area contributed by atoms with E-state index in [1.54, 1.807) is 5.56 Å². The second kappa shape index (κ2) is 13.5. The molecule has 2 aliphatic rings. The van der Waals surface area contributed by atoms with E-state index in [9.17, 15) is 0 Å². The summed E-state index contributed by atoms with van der Waals surface area (Å²) < 4.78 is 0. The average Bonchev–Trinajstić information content (AvgIpc) is 3.53. The van der Waals surface area contributed by atoms with Crippen molar-refractivity contribution in [2.45, 2.75) is 37.5 Å². The highest BCUT2D eigenvalue weighted by Crippen LogP contribution is 2.57. The van der Waals surface area contributed by atoms with E-state index >= 15 is 0 Å². The van der Waals surface area contributed by atoms with Crippen LogP contribution in [-0.4, -0.2) is 15.0 Å². The predicted octanol–water partition coefficient (Wildman–Crippen LogP) is 13.1. The second-order valence-electron chi connectivity index (χ2n) is 14.7. The van der Waals surface area contributed by atoms with Crippen LogP contribution >= 0.6 is 0 Å². The quantitative estimate of drug-likeness (QED) is 0.174. The van der Waals surface area contributed by atoms with E-state index in [4.69, 9.17) is 15.0 Å². The molecule has 1 heterocycles. The molecule has 1 fully saturated rings. The third-order valence-corrected chi connectivity index (χ3v) is 11.6. The number of hydrogen-bond acceptors (Lipinski definition) is 3. The lowest BCUT2D eigenvalue weighted by Crippen LogP contribution is -2.27. The normalized spacial score (nSPS) is 14.1. The van der Waals surface area contributed by atoms with Crippen LogP contribution in [0.5, 0.6) is 0 Å². The van der Waals surface area contributed by atoms with Gasteiger partial charge < -0.3 is 0 Å². The lowest BCUT2D eigenvalue weighted by atomic mass is 9.68. The molecule has 0 N–H and O–H groups in total. The zero-order valence-electron chi connectivity index (χ0n) is 30.1. The van der Waals surface area contributed by atoms with Crippen LogP contribution in [0, 0.1) is 0 Å². The molecular formula is C51H39N3. The molecule has 3 heteroatoms. The van der Waals surface area contributed by atoms with Crippen molar-refractivity contribution >= 4 is 0 Å². The SMILES string of the molecule is c1ccc(-c2nc(-c3ccccc3)nc(-c3ccc(-c4ccc(-c5ccc(-c6cccc7c6-c6ccccc6C76CCCCC6)cc5)cc4)cc3)n2)cc1. The third-order valence-electron chi connectivity index (χ3n) is 11.6. The van der Waals surface area contributed by atoms with Crippen LogP contribution in [0.15, 0.2) is 176 Å². The highest BCUT2D eigenvalue weighted by Gasteiger charge is 2.44. The summed E-state index contributed by atoms with van der Waals surface area (Å²) in [6.45, 7) is 0. The van der Waals surface area contributed by atoms with Gasteiger partial charge in [0.05, 0.1) is 0 Å². The molecule has 54 heavy (non-hydrogen) atoms. The minimum atomic E-state index is 0.173. The number of hydrogen-bond donors (Lipinski definition) is 0. The summed E-state index contributed by atoms with van der Waals surface area (Å²) >= 11 is 0. The summed E-state index contributed by atoms with van der Waals surface area (Å²) in [6, 6.07) is 63.0. The number of fused-ring (bicyclic) bond motifs is 5. The fraction of sp³-hybridized carbons (Fsp3) is 0.118. The monoisotopic (exact) mass is 693 g/mol. The molecule has 0 amide bonds. The topological polar surface area (TPSA) is 38.7 Å². The van der Waals surface area contributed by atoms with Gasteiger partial charge in [-0.15, -0.1) is 0 Å². The molecule has 2 aliphatic carbocycles. The molecule has 258 valence electrons. The van der Waals surface area contributed by atoms with Gasteiger partial charge in [-0.25, -0.2) is 15.0 Å². The van der Waals surface area contributed by atoms with Crippen LogP contribution in [0.4, 0.5) is 0 Å². The molecule has 0 aliphatic heterocycles. The van der Waals surface area contributed by atoms with E-state index in [1.807, 2.05) is 60.7 Å². The first-order valence-electron chi connectivity index (χ1n) is 19.2. The summed E-state index contributed by atoms with van der Waals surface area (Å²) in [5.41, 5.74) is 16.4. The Balaban J connectivity index is 0.914. The first-order valence-corrected chi connectivity index (χ1v) is 19.2. The Morgan fingerprint density at radius 3 is 1.20 bits per heavy atom. The van der Waals surface area contributed by atoms with Crippen molar-refractivity contribution in [2.75, 3.05) is 0 Å². The molecular weight excluding hydrogens is 655 g/mol. The van der Waals surface area contributed by atoms with E-state index < -0.39 is 0 Å². The van der Waals surface area contributed by atoms with E-state index in [0.29, 0.717) is 17.5 Å². The molecule has 7 aromatic carbocycles. The van der Waals surface area contributed by atoms with Crippen LogP contribution in [0.1, 0.15) is 43.2 Å². The summed E-state index contributed by atoms with van der Waals surface area (Å²) in [4.78, 5) is 14.6. The molecule has 1 saturated carbocycles. The van der Waals surface area contributed by atoms with Gasteiger partial charge in [0.15, 0.2) is 17.5 Å². The van der Waals surface area contributed by atoms with Gasteiger partial charge in [0.2, 0.25) is 0 Å². The minimum absolute atomic E-state index is 0.173. The first kappa shape index (κ1) is 32.2. The minimum Gasteiger partial charge on any atom is -0.208 e. The van der Waals surface area contributed by atoms with Crippen molar-refractivity contribution in [3.8, 4) is 78.7 Å². The molecule has 0 radical (unpaired) electrons. The fourth-order valence-corrected chi connectivity index (χ4v) is 8.89. The second-order valence-corrected chi connectivity index (χ2v) is 14.7. The standard InChI is InChI=1S/C51H39N3/c1-4-13-40(14-5-1)48-52-49(41-15-6-2-7-16-41)54-50(53-48)42-31-27-38(28-32-42)36-23-21-35(22-24-36)37-25-29-39(30-26-37)43-18-12-20-46-47(43)44-17-8-9-19-45(44)51(46)33-10-3-11-34-51/h1-2,4-9,12-32H,3,10-11,33-34H2. The maximum Gasteiger partial charge on any atom is 0.164 e. The van der Waals surface area contributed by atoms with Gasteiger partial charge in [-0.1, -0.05) is 195 Å². The smallest absolute Gasteiger partial charge is 0.164 e. The Bertz CT molecular complexity index is 2530. The molecule has 0 saturated heterocycles. The molecule has 0 bridgehead atoms. The Hall–Kier alpha value is -6.45. The predicted molar refractivity (Wildman–Crippen MR) is 222 cm³/mol. The summed E-state index contributed by atoms with van der Waals surface area (Å²) in [5, 5.41) is 0. The van der Waals surface area contributed by atoms with Crippen LogP contribution in [-0.2, 0) is 5.41 Å². The van der Waals surface area contributed by atoms with E-state index in [2.05, 4.69) is 115 Å². The van der Waals surface area contributed by atoms with Gasteiger partial charge >= 0.3 is 0 Å². The van der Waals surface area contributed by atoms with Crippen molar-refractivity contribution < 1.29 is 0 Å². The van der Waals surface area contributed by atoms with Crippen LogP contribution in [0.3, 0.4) is 0 Å². The molecule has 1 spiro atoms. The van der Waals surface area contributed by atoms with Crippen molar-refractivity contribution in [1.82, 2.24) is 15.0 Å². The lowest BCUT2D eigenvalue weighted by molar-refractivity contribution is 0.353. The molecule has 0 unspecified atom stereocenters. The van der Waals surface area contributed by atoms with Gasteiger partial charge in [-0.2, -0.15) is 0 Å². The van der Waals surface area contributed by atoms with Gasteiger partial charge in [-0.3, -0.25) is 0 Å². The Morgan fingerprint density at radius 1 is 0.296 bits per heavy atom. The lowest BCUT2D eigenvalue weighted by Gasteiger charge is -2.36. The van der Waals surface area contributed by atoms with E-state index in [0.717, 1.165) is 22.3 Å². The molecule has 8 aromatic rings.